The van der Waals surface area contributed by atoms with Crippen molar-refractivity contribution in [2.45, 2.75) is 0 Å². The van der Waals surface area contributed by atoms with Crippen LogP contribution < -0.4 is 0 Å². The summed E-state index contributed by atoms with van der Waals surface area (Å²) in [6.07, 6.45) is 0. The van der Waals surface area contributed by atoms with Gasteiger partial charge in [-0.2, -0.15) is 0 Å². The SMILES string of the molecule is Cl.Cl.Cl.O=CCl. The summed E-state index contributed by atoms with van der Waals surface area (Å²) in [5.74, 6) is 0.222. The second-order valence-corrected chi connectivity index (χ2v) is 0.267. The topological polar surface area (TPSA) is 17.1 Å². The lowest BCUT2D eigenvalue weighted by molar-refractivity contribution is 0.569. The number of carbonyl (C=O) groups excluding carboxylic acids is 1. The molecule has 0 aliphatic rings. The highest BCUT2D eigenvalue weighted by Crippen LogP contribution is 1.42. The highest BCUT2D eigenvalue weighted by Gasteiger charge is 1.28. The molecular weight excluding hydrogens is 170 g/mol. The van der Waals surface area contributed by atoms with Gasteiger partial charge in [-0.25, -0.2) is 0 Å². The van der Waals surface area contributed by atoms with E-state index in [4.69, 9.17) is 4.79 Å². The third kappa shape index (κ3) is 103. The Labute approximate surface area is 59.7 Å². The summed E-state index contributed by atoms with van der Waals surface area (Å²) in [5, 5.41) is 0. The van der Waals surface area contributed by atoms with E-state index >= 15 is 0 Å². The minimum Gasteiger partial charge on any atom is -0.285 e. The lowest BCUT2D eigenvalue weighted by atomic mass is 11.8. The molecule has 0 rings (SSSR count). The molecule has 0 aliphatic heterocycles. The van der Waals surface area contributed by atoms with Gasteiger partial charge in [0.15, 0.2) is 0 Å². The van der Waals surface area contributed by atoms with Crippen molar-refractivity contribution >= 4 is 54.6 Å². The molecule has 0 bridgehead atoms. The maximum Gasteiger partial charge on any atom is 0.208 e. The second-order valence-electron chi connectivity index (χ2n) is 0.0891. The molecule has 0 heterocycles. The molecule has 0 amide bonds. The largest absolute Gasteiger partial charge is 0.285 e. The maximum absolute atomic E-state index is 8.57. The van der Waals surface area contributed by atoms with Gasteiger partial charge in [-0.15, -0.1) is 37.2 Å². The molecule has 6 heavy (non-hydrogen) atoms. The van der Waals surface area contributed by atoms with Gasteiger partial charge in [-0.3, -0.25) is 4.79 Å². The third-order valence-electron chi connectivity index (χ3n) is 0. The van der Waals surface area contributed by atoms with Gasteiger partial charge in [0.2, 0.25) is 5.75 Å². The van der Waals surface area contributed by atoms with Crippen LogP contribution in [0, 0.1) is 0 Å². The highest BCUT2D eigenvalue weighted by atomic mass is 35.5. The van der Waals surface area contributed by atoms with E-state index in [1.165, 1.54) is 0 Å². The first kappa shape index (κ1) is 29.0. The van der Waals surface area contributed by atoms with Gasteiger partial charge in [-0.05, 0) is 11.6 Å². The van der Waals surface area contributed by atoms with Crippen molar-refractivity contribution in [3.63, 3.8) is 0 Å². The zero-order valence-electron chi connectivity index (χ0n) is 2.59. The average Bonchev–Trinajstić information content (AvgIpc) is 0.918. The van der Waals surface area contributed by atoms with Gasteiger partial charge in [0.1, 0.15) is 0 Å². The minimum absolute atomic E-state index is 0. The van der Waals surface area contributed by atoms with E-state index in [0.717, 1.165) is 0 Å². The summed E-state index contributed by atoms with van der Waals surface area (Å²) in [6.45, 7) is 0. The zero-order valence-corrected chi connectivity index (χ0v) is 5.79. The van der Waals surface area contributed by atoms with Gasteiger partial charge < -0.3 is 0 Å². The number of carbonyl (C=O) groups is 1. The van der Waals surface area contributed by atoms with E-state index in [0.29, 0.717) is 0 Å². The van der Waals surface area contributed by atoms with Crippen molar-refractivity contribution in [1.29, 1.82) is 0 Å². The summed E-state index contributed by atoms with van der Waals surface area (Å²) in [5.41, 5.74) is 0. The van der Waals surface area contributed by atoms with Crippen LogP contribution in [0.1, 0.15) is 0 Å². The fourth-order valence-electron chi connectivity index (χ4n) is 0. The predicted octanol–water partition coefficient (Wildman–Crippen LogP) is 1.68. The lowest BCUT2D eigenvalue weighted by Gasteiger charge is -1.20. The molecule has 1 nitrogen and oxygen atoms in total. The van der Waals surface area contributed by atoms with Gasteiger partial charge in [0.05, 0.1) is 0 Å². The van der Waals surface area contributed by atoms with Gasteiger partial charge in [-0.1, -0.05) is 0 Å². The van der Waals surface area contributed by atoms with Crippen LogP contribution in [0.15, 0.2) is 0 Å². The van der Waals surface area contributed by atoms with Crippen molar-refractivity contribution in [3.8, 4) is 0 Å². The number of halogens is 4. The third-order valence-corrected chi connectivity index (χ3v) is 0. The Morgan fingerprint density at radius 3 is 1.17 bits per heavy atom. The number of hydrogen-bond donors (Lipinski definition) is 0. The lowest BCUT2D eigenvalue weighted by Crippen LogP contribution is -1.24. The Morgan fingerprint density at radius 1 is 1.17 bits per heavy atom. The average molecular weight is 174 g/mol. The second kappa shape index (κ2) is 40.6. The van der Waals surface area contributed by atoms with Crippen LogP contribution in [0.2, 0.25) is 0 Å². The van der Waals surface area contributed by atoms with Crippen LogP contribution in [-0.2, 0) is 4.79 Å². The molecule has 5 heteroatoms. The first-order valence-corrected chi connectivity index (χ1v) is 0.890. The molecule has 0 spiro atoms. The van der Waals surface area contributed by atoms with Crippen LogP contribution in [0.25, 0.3) is 0 Å². The van der Waals surface area contributed by atoms with E-state index in [-0.39, 0.29) is 43.0 Å². The quantitative estimate of drug-likeness (QED) is 0.403. The molecule has 0 unspecified atom stereocenters. The fourth-order valence-corrected chi connectivity index (χ4v) is 0. The van der Waals surface area contributed by atoms with E-state index in [1.54, 1.807) is 0 Å². The predicted molar refractivity (Wildman–Crippen MR) is 34.3 cm³/mol. The van der Waals surface area contributed by atoms with Gasteiger partial charge in [0, 0.05) is 0 Å². The van der Waals surface area contributed by atoms with E-state index < -0.39 is 0 Å². The maximum atomic E-state index is 8.57. The van der Waals surface area contributed by atoms with Crippen molar-refractivity contribution in [1.82, 2.24) is 0 Å². The number of hydrogen-bond acceptors (Lipinski definition) is 1. The first-order chi connectivity index (χ1) is 1.41. The van der Waals surface area contributed by atoms with Crippen molar-refractivity contribution in [3.05, 3.63) is 0 Å². The van der Waals surface area contributed by atoms with Crippen molar-refractivity contribution in [2.24, 2.45) is 0 Å². The summed E-state index contributed by atoms with van der Waals surface area (Å²) < 4.78 is 0. The Kier molecular flexibility index (Phi) is 196. The van der Waals surface area contributed by atoms with Crippen molar-refractivity contribution < 1.29 is 4.79 Å². The molecule has 0 radical (unpaired) electrons. The molecule has 0 atom stereocenters. The van der Waals surface area contributed by atoms with E-state index in [2.05, 4.69) is 11.6 Å². The molecule has 42 valence electrons. The standard InChI is InChI=1S/CHClO.3ClH/c2-1-3;;;/h1H;3*1H. The molecular formula is CH4Cl4O. The monoisotopic (exact) mass is 172 g/mol. The Balaban J connectivity index is -0.00000000667. The highest BCUT2D eigenvalue weighted by molar-refractivity contribution is 6.54. The fraction of sp³-hybridized carbons (Fsp3) is 0. The van der Waals surface area contributed by atoms with Crippen molar-refractivity contribution in [2.75, 3.05) is 0 Å². The molecule has 0 saturated heterocycles. The smallest absolute Gasteiger partial charge is 0.208 e. The normalized spacial score (nSPS) is 2.17. The Morgan fingerprint density at radius 2 is 1.17 bits per heavy atom. The number of rotatable bonds is 0. The molecule has 0 saturated carbocycles. The summed E-state index contributed by atoms with van der Waals surface area (Å²) in [6, 6.07) is 0. The zero-order chi connectivity index (χ0) is 2.71. The molecule has 0 fully saturated rings. The van der Waals surface area contributed by atoms with E-state index in [9.17, 15) is 0 Å². The summed E-state index contributed by atoms with van der Waals surface area (Å²) >= 11 is 4.32. The Bertz CT molecular complexity index is 15.0. The molecule has 0 aromatic rings. The van der Waals surface area contributed by atoms with Crippen LogP contribution in [0.4, 0.5) is 0 Å². The van der Waals surface area contributed by atoms with Gasteiger partial charge >= 0.3 is 0 Å². The van der Waals surface area contributed by atoms with E-state index in [1.807, 2.05) is 0 Å². The first-order valence-electron chi connectivity index (χ1n) is 0.454. The minimum atomic E-state index is 0. The van der Waals surface area contributed by atoms with Crippen LogP contribution in [0.3, 0.4) is 0 Å². The van der Waals surface area contributed by atoms with Gasteiger partial charge in [0.25, 0.3) is 0 Å². The summed E-state index contributed by atoms with van der Waals surface area (Å²) in [7, 11) is 0. The molecule has 0 aromatic heterocycles. The Hall–Kier alpha value is 0.830. The molecule has 0 N–H and O–H groups in total. The molecule has 0 aromatic carbocycles. The van der Waals surface area contributed by atoms with Crippen LogP contribution in [0.5, 0.6) is 0 Å². The van der Waals surface area contributed by atoms with Crippen LogP contribution in [-0.4, -0.2) is 5.75 Å². The molecule has 0 aliphatic carbocycles. The van der Waals surface area contributed by atoms with Crippen LogP contribution >= 0.6 is 48.8 Å². The summed E-state index contributed by atoms with van der Waals surface area (Å²) in [4.78, 5) is 8.57.